The van der Waals surface area contributed by atoms with E-state index in [-0.39, 0.29) is 17.5 Å². The van der Waals surface area contributed by atoms with Gasteiger partial charge in [0.2, 0.25) is 5.85 Å². The van der Waals surface area contributed by atoms with Crippen molar-refractivity contribution in [3.63, 3.8) is 0 Å². The van der Waals surface area contributed by atoms with E-state index in [1.807, 2.05) is 0 Å². The summed E-state index contributed by atoms with van der Waals surface area (Å²) in [5.74, 6) is -5.58. The average Bonchev–Trinajstić information content (AvgIpc) is 3.12. The van der Waals surface area contributed by atoms with Crippen LogP contribution < -0.4 is 11.2 Å². The van der Waals surface area contributed by atoms with Crippen LogP contribution in [0.15, 0.2) is 82.5 Å². The van der Waals surface area contributed by atoms with Crippen molar-refractivity contribution in [2.75, 3.05) is 6.61 Å². The molecule has 0 amide bonds. The zero-order valence-electron chi connectivity index (χ0n) is 19.7. The first-order valence-electron chi connectivity index (χ1n) is 11.4. The van der Waals surface area contributed by atoms with Crippen LogP contribution in [0.25, 0.3) is 0 Å². The Morgan fingerprint density at radius 2 is 1.61 bits per heavy atom. The Hall–Kier alpha value is -3.89. The molecule has 1 fully saturated rings. The van der Waals surface area contributed by atoms with Gasteiger partial charge < -0.3 is 14.6 Å². The van der Waals surface area contributed by atoms with Crippen LogP contribution in [-0.2, 0) is 9.47 Å². The number of esters is 1. The first kappa shape index (κ1) is 25.2. The predicted molar refractivity (Wildman–Crippen MR) is 126 cm³/mol. The monoisotopic (exact) mass is 496 g/mol. The molecule has 2 heterocycles. The van der Waals surface area contributed by atoms with Crippen LogP contribution in [0, 0.1) is 5.92 Å². The summed E-state index contributed by atoms with van der Waals surface area (Å²) in [6, 6.07) is 16.7. The Kier molecular flexibility index (Phi) is 6.75. The molecule has 0 aliphatic carbocycles. The molecule has 0 radical (unpaired) electrons. The Morgan fingerprint density at radius 1 is 1.03 bits per heavy atom. The molecule has 0 bridgehead atoms. The normalized spacial score (nSPS) is 25.4. The maximum Gasteiger partial charge on any atom is 0.340 e. The van der Waals surface area contributed by atoms with Crippen LogP contribution in [0.5, 0.6) is 0 Å². The summed E-state index contributed by atoms with van der Waals surface area (Å²) in [7, 11) is 0. The van der Waals surface area contributed by atoms with Crippen molar-refractivity contribution in [1.82, 2.24) is 9.13 Å². The average molecular weight is 496 g/mol. The molecule has 1 N–H and O–H groups in total. The van der Waals surface area contributed by atoms with Crippen molar-refractivity contribution >= 4 is 11.9 Å². The standard InChI is InChI=1S/C26H25FN2O7/c1-3-25(35-22(33)19-12-8-5-9-13-19)17(2)26(27,16-30)36-23(25)28-15-14-20(31)29(24(28)34)21(32)18-10-6-4-7-11-18/h4-15,17,23,30H,3,16H2,1-2H3/t17-,23+,25+,26+/m0/s1. The van der Waals surface area contributed by atoms with E-state index in [0.717, 1.165) is 16.8 Å². The van der Waals surface area contributed by atoms with Gasteiger partial charge in [-0.3, -0.25) is 14.2 Å². The summed E-state index contributed by atoms with van der Waals surface area (Å²) in [5, 5.41) is 9.81. The number of aliphatic hydroxyl groups excluding tert-OH is 1. The molecule has 1 saturated heterocycles. The van der Waals surface area contributed by atoms with Crippen LogP contribution >= 0.6 is 0 Å². The molecule has 0 unspecified atom stereocenters. The van der Waals surface area contributed by atoms with Gasteiger partial charge in [0.05, 0.1) is 11.5 Å². The summed E-state index contributed by atoms with van der Waals surface area (Å²) >= 11 is 0. The third-order valence-corrected chi connectivity index (χ3v) is 6.65. The maximum absolute atomic E-state index is 15.7. The third-order valence-electron chi connectivity index (χ3n) is 6.65. The molecule has 0 saturated carbocycles. The zero-order valence-corrected chi connectivity index (χ0v) is 19.7. The van der Waals surface area contributed by atoms with Crippen LogP contribution in [-0.4, -0.2) is 44.2 Å². The summed E-state index contributed by atoms with van der Waals surface area (Å²) < 4.78 is 28.4. The van der Waals surface area contributed by atoms with Gasteiger partial charge in [0.15, 0.2) is 11.8 Å². The molecular formula is C26H25FN2O7. The third kappa shape index (κ3) is 4.08. The number of benzene rings is 2. The highest BCUT2D eigenvalue weighted by molar-refractivity contribution is 5.95. The number of aromatic nitrogens is 2. The van der Waals surface area contributed by atoms with E-state index in [0.29, 0.717) is 4.57 Å². The van der Waals surface area contributed by atoms with E-state index < -0.39 is 53.3 Å². The number of alkyl halides is 1. The van der Waals surface area contributed by atoms with Crippen molar-refractivity contribution in [2.24, 2.45) is 5.92 Å². The van der Waals surface area contributed by atoms with Crippen LogP contribution in [0.2, 0.25) is 0 Å². The summed E-state index contributed by atoms with van der Waals surface area (Å²) in [5.41, 5.74) is -3.50. The molecule has 188 valence electrons. The fourth-order valence-corrected chi connectivity index (χ4v) is 4.50. The number of aliphatic hydroxyl groups is 1. The Balaban J connectivity index is 1.86. The lowest BCUT2D eigenvalue weighted by Gasteiger charge is -2.36. The van der Waals surface area contributed by atoms with Crippen molar-refractivity contribution in [2.45, 2.75) is 38.0 Å². The lowest BCUT2D eigenvalue weighted by Crippen LogP contribution is -2.51. The van der Waals surface area contributed by atoms with Gasteiger partial charge in [-0.05, 0) is 30.7 Å². The fraction of sp³-hybridized carbons (Fsp3) is 0.308. The minimum absolute atomic E-state index is 0.0126. The molecule has 1 aliphatic rings. The number of rotatable bonds is 6. The predicted octanol–water partition coefficient (Wildman–Crippen LogP) is 2.53. The maximum atomic E-state index is 15.7. The number of carbonyl (C=O) groups excluding carboxylic acids is 2. The van der Waals surface area contributed by atoms with Crippen molar-refractivity contribution in [1.29, 1.82) is 0 Å². The van der Waals surface area contributed by atoms with Crippen molar-refractivity contribution in [3.05, 3.63) is 105 Å². The van der Waals surface area contributed by atoms with E-state index in [2.05, 4.69) is 0 Å². The van der Waals surface area contributed by atoms with Gasteiger partial charge in [-0.25, -0.2) is 14.0 Å². The van der Waals surface area contributed by atoms with Gasteiger partial charge >= 0.3 is 11.7 Å². The van der Waals surface area contributed by atoms with Crippen LogP contribution in [0.1, 0.15) is 47.2 Å². The fourth-order valence-electron chi connectivity index (χ4n) is 4.50. The number of carbonyl (C=O) groups is 2. The molecule has 4 rings (SSSR count). The smallest absolute Gasteiger partial charge is 0.340 e. The number of hydrogen-bond donors (Lipinski definition) is 1. The molecule has 10 heteroatoms. The first-order chi connectivity index (χ1) is 17.2. The second kappa shape index (κ2) is 9.63. The first-order valence-corrected chi connectivity index (χ1v) is 11.4. The molecule has 36 heavy (non-hydrogen) atoms. The highest BCUT2D eigenvalue weighted by Gasteiger charge is 2.65. The van der Waals surface area contributed by atoms with Gasteiger partial charge in [0, 0.05) is 17.8 Å². The summed E-state index contributed by atoms with van der Waals surface area (Å²) in [6.07, 6.45) is -0.549. The molecular weight excluding hydrogens is 471 g/mol. The highest BCUT2D eigenvalue weighted by atomic mass is 19.2. The molecule has 3 aromatic rings. The van der Waals surface area contributed by atoms with E-state index in [9.17, 15) is 24.3 Å². The largest absolute Gasteiger partial charge is 0.450 e. The molecule has 2 aromatic carbocycles. The van der Waals surface area contributed by atoms with Gasteiger partial charge in [-0.2, -0.15) is 4.57 Å². The number of ether oxygens (including phenoxy) is 2. The quantitative estimate of drug-likeness (QED) is 0.521. The lowest BCUT2D eigenvalue weighted by atomic mass is 9.82. The van der Waals surface area contributed by atoms with E-state index in [1.165, 1.54) is 31.2 Å². The number of halogens is 1. The SMILES string of the molecule is CC[C@]1(OC(=O)c2ccccc2)[C@H](n2ccc(=O)n(C(=O)c3ccccc3)c2=O)O[C@](F)(CO)[C@H]1C. The van der Waals surface area contributed by atoms with Gasteiger partial charge in [-0.15, -0.1) is 0 Å². The van der Waals surface area contributed by atoms with E-state index in [1.54, 1.807) is 43.3 Å². The second-order valence-electron chi connectivity index (χ2n) is 8.55. The van der Waals surface area contributed by atoms with Gasteiger partial charge in [0.1, 0.15) is 6.61 Å². The Morgan fingerprint density at radius 3 is 2.17 bits per heavy atom. The summed E-state index contributed by atoms with van der Waals surface area (Å²) in [6.45, 7) is 1.94. The van der Waals surface area contributed by atoms with Crippen LogP contribution in [0.4, 0.5) is 4.39 Å². The highest BCUT2D eigenvalue weighted by Crippen LogP contribution is 2.53. The van der Waals surface area contributed by atoms with Crippen LogP contribution in [0.3, 0.4) is 0 Å². The molecule has 4 atom stereocenters. The van der Waals surface area contributed by atoms with Crippen molar-refractivity contribution < 1.29 is 28.6 Å². The van der Waals surface area contributed by atoms with Crippen molar-refractivity contribution in [3.8, 4) is 0 Å². The number of nitrogens with zero attached hydrogens (tertiary/aromatic N) is 2. The minimum atomic E-state index is -2.68. The number of hydrogen-bond acceptors (Lipinski definition) is 7. The Bertz CT molecular complexity index is 1390. The van der Waals surface area contributed by atoms with E-state index >= 15 is 4.39 Å². The molecule has 1 aliphatic heterocycles. The minimum Gasteiger partial charge on any atom is -0.450 e. The zero-order chi connectivity index (χ0) is 26.1. The topological polar surface area (TPSA) is 117 Å². The van der Waals surface area contributed by atoms with Gasteiger partial charge in [-0.1, -0.05) is 50.2 Å². The lowest BCUT2D eigenvalue weighted by molar-refractivity contribution is -0.195. The molecule has 9 nitrogen and oxygen atoms in total. The second-order valence-corrected chi connectivity index (χ2v) is 8.55. The van der Waals surface area contributed by atoms with Gasteiger partial charge in [0.25, 0.3) is 11.5 Å². The summed E-state index contributed by atoms with van der Waals surface area (Å²) in [4.78, 5) is 52.0. The molecule has 1 aromatic heterocycles. The molecule has 0 spiro atoms. The Labute approximate surface area is 205 Å². The van der Waals surface area contributed by atoms with E-state index in [4.69, 9.17) is 9.47 Å².